The van der Waals surface area contributed by atoms with Crippen molar-refractivity contribution >= 4 is 44.9 Å². The summed E-state index contributed by atoms with van der Waals surface area (Å²) >= 11 is 12.1. The lowest BCUT2D eigenvalue weighted by molar-refractivity contribution is -0.154. The van der Waals surface area contributed by atoms with Gasteiger partial charge in [-0.2, -0.15) is 5.26 Å². The van der Waals surface area contributed by atoms with Crippen LogP contribution in [0.25, 0.3) is 0 Å². The lowest BCUT2D eigenvalue weighted by atomic mass is 9.71. The molecular formula is C24H22Cl2N2O6S. The number of ether oxygens (including phenoxy) is 1. The molecule has 1 amide bonds. The van der Waals surface area contributed by atoms with E-state index in [2.05, 4.69) is 0 Å². The molecule has 2 unspecified atom stereocenters. The highest BCUT2D eigenvalue weighted by Crippen LogP contribution is 2.68. The molecule has 0 spiro atoms. The third kappa shape index (κ3) is 4.14. The quantitative estimate of drug-likeness (QED) is 0.522. The molecular weight excluding hydrogens is 515 g/mol. The smallest absolute Gasteiger partial charge is 0.310 e. The molecule has 2 aromatic rings. The number of halogens is 2. The summed E-state index contributed by atoms with van der Waals surface area (Å²) in [6, 6.07) is 14.3. The van der Waals surface area contributed by atoms with Crippen molar-refractivity contribution in [3.63, 3.8) is 0 Å². The number of carboxylic acid groups (broad SMARTS) is 1. The molecule has 8 nitrogen and oxygen atoms in total. The zero-order chi connectivity index (χ0) is 25.6. The summed E-state index contributed by atoms with van der Waals surface area (Å²) in [5.41, 5.74) is 2.10. The Labute approximate surface area is 212 Å². The van der Waals surface area contributed by atoms with E-state index < -0.39 is 49.6 Å². The molecule has 5 atom stereocenters. The van der Waals surface area contributed by atoms with Crippen LogP contribution >= 0.6 is 23.2 Å². The van der Waals surface area contributed by atoms with Gasteiger partial charge in [0.15, 0.2) is 9.84 Å². The molecule has 35 heavy (non-hydrogen) atoms. The largest absolute Gasteiger partial charge is 0.493 e. The highest BCUT2D eigenvalue weighted by molar-refractivity contribution is 7.92. The van der Waals surface area contributed by atoms with E-state index in [9.17, 15) is 28.4 Å². The average molecular weight is 537 g/mol. The Morgan fingerprint density at radius 3 is 2.34 bits per heavy atom. The number of hydrogen-bond donors (Lipinski definition) is 2. The van der Waals surface area contributed by atoms with Gasteiger partial charge >= 0.3 is 5.97 Å². The second-order valence-corrected chi connectivity index (χ2v) is 12.1. The van der Waals surface area contributed by atoms with Gasteiger partial charge in [-0.1, -0.05) is 35.3 Å². The first-order chi connectivity index (χ1) is 16.5. The fraction of sp³-hybridized carbons (Fsp3) is 0.375. The molecule has 0 saturated heterocycles. The van der Waals surface area contributed by atoms with Crippen LogP contribution in [0.1, 0.15) is 19.3 Å². The van der Waals surface area contributed by atoms with Crippen LogP contribution in [0.4, 0.5) is 0 Å². The van der Waals surface area contributed by atoms with Crippen molar-refractivity contribution in [1.82, 2.24) is 0 Å². The van der Waals surface area contributed by atoms with Gasteiger partial charge in [0.25, 0.3) is 0 Å². The highest BCUT2D eigenvalue weighted by Gasteiger charge is 2.74. The molecule has 3 N–H and O–H groups in total. The van der Waals surface area contributed by atoms with E-state index in [1.54, 1.807) is 30.3 Å². The molecule has 0 heterocycles. The van der Waals surface area contributed by atoms with Crippen molar-refractivity contribution in [1.29, 1.82) is 5.26 Å². The van der Waals surface area contributed by atoms with E-state index in [0.717, 1.165) is 0 Å². The predicted molar refractivity (Wildman–Crippen MR) is 128 cm³/mol. The van der Waals surface area contributed by atoms with Gasteiger partial charge in [-0.15, -0.1) is 0 Å². The Hall–Kier alpha value is -2.80. The number of benzene rings is 2. The van der Waals surface area contributed by atoms with E-state index in [1.807, 2.05) is 6.07 Å². The number of rotatable bonds is 8. The lowest BCUT2D eigenvalue weighted by Gasteiger charge is -2.32. The van der Waals surface area contributed by atoms with Crippen LogP contribution < -0.4 is 10.5 Å². The normalized spacial score (nSPS) is 29.8. The van der Waals surface area contributed by atoms with Crippen molar-refractivity contribution in [2.75, 3.05) is 6.61 Å². The number of nitriles is 1. The van der Waals surface area contributed by atoms with Crippen molar-refractivity contribution < 1.29 is 27.9 Å². The van der Waals surface area contributed by atoms with Crippen LogP contribution in [0, 0.1) is 34.0 Å². The molecule has 2 saturated carbocycles. The number of primary amides is 1. The minimum atomic E-state index is -4.03. The van der Waals surface area contributed by atoms with Crippen LogP contribution in [0.5, 0.6) is 5.75 Å². The summed E-state index contributed by atoms with van der Waals surface area (Å²) in [6.07, 6.45) is -0.405. The molecule has 0 aliphatic heterocycles. The first kappa shape index (κ1) is 25.3. The number of nitrogens with two attached hydrogens (primary N) is 1. The molecule has 2 aromatic carbocycles. The minimum Gasteiger partial charge on any atom is -0.493 e. The number of aliphatic carboxylic acids is 1. The Balaban J connectivity index is 1.74. The van der Waals surface area contributed by atoms with Gasteiger partial charge in [0.1, 0.15) is 11.2 Å². The molecule has 184 valence electrons. The minimum absolute atomic E-state index is 0.0317. The van der Waals surface area contributed by atoms with Gasteiger partial charge in [0.05, 0.1) is 33.3 Å². The summed E-state index contributed by atoms with van der Waals surface area (Å²) in [5, 5.41) is 19.5. The summed E-state index contributed by atoms with van der Waals surface area (Å²) in [4.78, 5) is 24.9. The highest BCUT2D eigenvalue weighted by atomic mass is 35.5. The van der Waals surface area contributed by atoms with Crippen molar-refractivity contribution in [3.05, 3.63) is 58.6 Å². The summed E-state index contributed by atoms with van der Waals surface area (Å²) < 4.78 is 32.9. The molecule has 11 heteroatoms. The first-order valence-electron chi connectivity index (χ1n) is 10.8. The van der Waals surface area contributed by atoms with Gasteiger partial charge < -0.3 is 15.6 Å². The Kier molecular flexibility index (Phi) is 6.51. The predicted octanol–water partition coefficient (Wildman–Crippen LogP) is 3.71. The van der Waals surface area contributed by atoms with Crippen molar-refractivity contribution in [2.24, 2.45) is 28.4 Å². The van der Waals surface area contributed by atoms with Gasteiger partial charge in [-0.25, -0.2) is 8.42 Å². The maximum Gasteiger partial charge on any atom is 0.310 e. The van der Waals surface area contributed by atoms with Crippen LogP contribution in [0.3, 0.4) is 0 Å². The van der Waals surface area contributed by atoms with Crippen LogP contribution in [0.15, 0.2) is 53.4 Å². The zero-order valence-corrected chi connectivity index (χ0v) is 20.7. The fourth-order valence-corrected chi connectivity index (χ4v) is 7.90. The van der Waals surface area contributed by atoms with Gasteiger partial charge in [0, 0.05) is 16.9 Å². The molecule has 4 rings (SSSR count). The van der Waals surface area contributed by atoms with E-state index in [1.165, 1.54) is 18.2 Å². The summed E-state index contributed by atoms with van der Waals surface area (Å²) in [7, 11) is -4.03. The number of nitrogens with zero attached hydrogens (tertiary/aromatic N) is 1. The lowest BCUT2D eigenvalue weighted by Crippen LogP contribution is -2.43. The van der Waals surface area contributed by atoms with E-state index in [0.29, 0.717) is 10.8 Å². The zero-order valence-electron chi connectivity index (χ0n) is 18.4. The maximum atomic E-state index is 13.5. The fourth-order valence-electron chi connectivity index (χ4n) is 5.36. The number of hydrogen-bond acceptors (Lipinski definition) is 6. The number of sulfone groups is 1. The molecule has 0 radical (unpaired) electrons. The van der Waals surface area contributed by atoms with Crippen LogP contribution in [-0.4, -0.2) is 37.3 Å². The summed E-state index contributed by atoms with van der Waals surface area (Å²) in [5.74, 6) is -3.55. The maximum absolute atomic E-state index is 13.5. The number of amides is 1. The molecule has 2 aliphatic rings. The number of carbonyl (C=O) groups is 2. The third-order valence-corrected chi connectivity index (χ3v) is 10.2. The van der Waals surface area contributed by atoms with Gasteiger partial charge in [0.2, 0.25) is 5.91 Å². The molecule has 2 aliphatic carbocycles. The second kappa shape index (κ2) is 9.01. The summed E-state index contributed by atoms with van der Waals surface area (Å²) in [6.45, 7) is -0.140. The SMILES string of the molecule is N#CC1(C(N)=O)CC1[C@]1(C(=O)O)C[C@@H](S(=O)(=O)c2ccccc2Cl)C[C@H]1COc1ccc(Cl)cc1. The second-order valence-electron chi connectivity index (χ2n) is 9.05. The number of carboxylic acids is 1. The molecule has 0 aromatic heterocycles. The Morgan fingerprint density at radius 1 is 1.14 bits per heavy atom. The topological polar surface area (TPSA) is 148 Å². The molecule has 2 fully saturated rings. The molecule has 0 bridgehead atoms. The standard InChI is InChI=1S/C24H22Cl2N2O6S/c25-15-5-7-16(8-6-15)34-12-14-9-17(35(32,33)19-4-2-1-3-18(19)26)10-24(14,22(30)31)20-11-23(20,13-27)21(28)29/h1-8,14,17,20H,9-12H2,(H2,28,29)(H,30,31)/t14-,17-,20?,23?,24-/m0/s1. The van der Waals surface area contributed by atoms with E-state index in [4.69, 9.17) is 33.7 Å². The van der Waals surface area contributed by atoms with Gasteiger partial charge in [-0.3, -0.25) is 9.59 Å². The average Bonchev–Trinajstić information content (AvgIpc) is 3.45. The van der Waals surface area contributed by atoms with Crippen molar-refractivity contribution in [3.8, 4) is 11.8 Å². The monoisotopic (exact) mass is 536 g/mol. The number of carbonyl (C=O) groups excluding carboxylic acids is 1. The van der Waals surface area contributed by atoms with Crippen LogP contribution in [0.2, 0.25) is 10.0 Å². The van der Waals surface area contributed by atoms with Crippen LogP contribution in [-0.2, 0) is 19.4 Å². The van der Waals surface area contributed by atoms with E-state index >= 15 is 0 Å². The van der Waals surface area contributed by atoms with Crippen molar-refractivity contribution in [2.45, 2.75) is 29.4 Å². The van der Waals surface area contributed by atoms with E-state index in [-0.39, 0.29) is 35.8 Å². The third-order valence-electron chi connectivity index (χ3n) is 7.31. The first-order valence-corrected chi connectivity index (χ1v) is 13.1. The van der Waals surface area contributed by atoms with Gasteiger partial charge in [-0.05, 0) is 55.7 Å². The Bertz CT molecular complexity index is 1330. The Morgan fingerprint density at radius 2 is 1.80 bits per heavy atom.